The Bertz CT molecular complexity index is 544. The zero-order valence-electron chi connectivity index (χ0n) is 11.0. The normalized spacial score (nSPS) is 28.7. The Morgan fingerprint density at radius 3 is 2.63 bits per heavy atom. The van der Waals surface area contributed by atoms with Crippen molar-refractivity contribution >= 4 is 5.69 Å². The van der Waals surface area contributed by atoms with E-state index in [0.29, 0.717) is 6.04 Å². The smallest absolute Gasteiger partial charge is 0.0924 e. The van der Waals surface area contributed by atoms with Crippen molar-refractivity contribution in [3.05, 3.63) is 36.8 Å². The molecule has 2 aliphatic carbocycles. The van der Waals surface area contributed by atoms with E-state index < -0.39 is 0 Å². The first kappa shape index (κ1) is 11.1. The Morgan fingerprint density at radius 1 is 1.11 bits per heavy atom. The highest BCUT2D eigenvalue weighted by Crippen LogP contribution is 2.45. The van der Waals surface area contributed by atoms with E-state index in [9.17, 15) is 0 Å². The van der Waals surface area contributed by atoms with Crippen molar-refractivity contribution in [1.82, 2.24) is 9.97 Å². The van der Waals surface area contributed by atoms with Crippen LogP contribution in [-0.4, -0.2) is 16.0 Å². The SMILES string of the molecule is c1ncc(-c2ccc(NC3CC4CCC3C4)cc2)[nH]1. The van der Waals surface area contributed by atoms with Gasteiger partial charge in [0.2, 0.25) is 0 Å². The van der Waals surface area contributed by atoms with E-state index in [1.807, 2.05) is 6.20 Å². The Balaban J connectivity index is 1.48. The quantitative estimate of drug-likeness (QED) is 0.876. The first-order valence-electron chi connectivity index (χ1n) is 7.24. The summed E-state index contributed by atoms with van der Waals surface area (Å²) in [5.74, 6) is 1.91. The van der Waals surface area contributed by atoms with E-state index in [-0.39, 0.29) is 0 Å². The molecule has 1 heterocycles. The van der Waals surface area contributed by atoms with Gasteiger partial charge in [-0.3, -0.25) is 0 Å². The van der Waals surface area contributed by atoms with Crippen LogP contribution in [0.3, 0.4) is 0 Å². The summed E-state index contributed by atoms with van der Waals surface area (Å²) in [7, 11) is 0. The minimum atomic E-state index is 0.705. The van der Waals surface area contributed by atoms with Crippen LogP contribution in [0.5, 0.6) is 0 Å². The predicted octanol–water partition coefficient (Wildman–Crippen LogP) is 3.68. The third-order valence-corrected chi connectivity index (χ3v) is 4.78. The monoisotopic (exact) mass is 253 g/mol. The first-order chi connectivity index (χ1) is 9.38. The Morgan fingerprint density at radius 2 is 2.00 bits per heavy atom. The number of aromatic nitrogens is 2. The maximum Gasteiger partial charge on any atom is 0.0924 e. The van der Waals surface area contributed by atoms with Crippen LogP contribution in [-0.2, 0) is 0 Å². The van der Waals surface area contributed by atoms with E-state index in [1.54, 1.807) is 6.33 Å². The average Bonchev–Trinajstić information content (AvgIpc) is 3.17. The van der Waals surface area contributed by atoms with Gasteiger partial charge in [-0.1, -0.05) is 18.6 Å². The van der Waals surface area contributed by atoms with Crippen molar-refractivity contribution in [2.45, 2.75) is 31.7 Å². The molecular weight excluding hydrogens is 234 g/mol. The van der Waals surface area contributed by atoms with Crippen LogP contribution in [0.15, 0.2) is 36.8 Å². The summed E-state index contributed by atoms with van der Waals surface area (Å²) < 4.78 is 0. The van der Waals surface area contributed by atoms with E-state index in [1.165, 1.54) is 36.9 Å². The highest BCUT2D eigenvalue weighted by molar-refractivity contribution is 5.62. The number of aromatic amines is 1. The second-order valence-corrected chi connectivity index (χ2v) is 5.97. The van der Waals surface area contributed by atoms with Gasteiger partial charge in [0.25, 0.3) is 0 Å². The van der Waals surface area contributed by atoms with Gasteiger partial charge >= 0.3 is 0 Å². The summed E-state index contributed by atoms with van der Waals surface area (Å²) >= 11 is 0. The Labute approximate surface area is 113 Å². The number of nitrogens with zero attached hydrogens (tertiary/aromatic N) is 1. The number of imidazole rings is 1. The molecule has 2 N–H and O–H groups in total. The molecule has 0 aliphatic heterocycles. The van der Waals surface area contributed by atoms with E-state index in [2.05, 4.69) is 39.6 Å². The standard InChI is InChI=1S/C16H19N3/c1-2-13-7-11(1)8-15(13)19-14-5-3-12(4-6-14)16-9-17-10-18-16/h3-6,9-11,13,15,19H,1-2,7-8H2,(H,17,18). The van der Waals surface area contributed by atoms with Gasteiger partial charge < -0.3 is 10.3 Å². The van der Waals surface area contributed by atoms with Crippen LogP contribution < -0.4 is 5.32 Å². The van der Waals surface area contributed by atoms with Crippen LogP contribution in [0, 0.1) is 11.8 Å². The number of nitrogens with one attached hydrogen (secondary N) is 2. The second kappa shape index (κ2) is 4.41. The fourth-order valence-electron chi connectivity index (χ4n) is 3.80. The lowest BCUT2D eigenvalue weighted by Gasteiger charge is -2.24. The Kier molecular flexibility index (Phi) is 2.57. The molecule has 98 valence electrons. The third-order valence-electron chi connectivity index (χ3n) is 4.78. The number of hydrogen-bond acceptors (Lipinski definition) is 2. The minimum absolute atomic E-state index is 0.705. The molecule has 1 aromatic heterocycles. The van der Waals surface area contributed by atoms with Crippen LogP contribution in [0.2, 0.25) is 0 Å². The molecule has 3 nitrogen and oxygen atoms in total. The minimum Gasteiger partial charge on any atom is -0.382 e. The van der Waals surface area contributed by atoms with Crippen LogP contribution >= 0.6 is 0 Å². The summed E-state index contributed by atoms with van der Waals surface area (Å²) in [6.45, 7) is 0. The van der Waals surface area contributed by atoms with Crippen molar-refractivity contribution in [3.63, 3.8) is 0 Å². The van der Waals surface area contributed by atoms with Crippen molar-refractivity contribution in [2.24, 2.45) is 11.8 Å². The fraction of sp³-hybridized carbons (Fsp3) is 0.438. The average molecular weight is 253 g/mol. The van der Waals surface area contributed by atoms with Gasteiger partial charge in [-0.2, -0.15) is 0 Å². The van der Waals surface area contributed by atoms with E-state index in [0.717, 1.165) is 17.5 Å². The van der Waals surface area contributed by atoms with Gasteiger partial charge in [-0.05, 0) is 48.8 Å². The molecule has 2 aromatic rings. The molecular formula is C16H19N3. The lowest BCUT2D eigenvalue weighted by molar-refractivity contribution is 0.440. The molecule has 0 spiro atoms. The molecule has 2 aliphatic rings. The van der Waals surface area contributed by atoms with Crippen LogP contribution in [0.25, 0.3) is 11.3 Å². The number of fused-ring (bicyclic) bond motifs is 2. The molecule has 3 atom stereocenters. The molecule has 3 heteroatoms. The second-order valence-electron chi connectivity index (χ2n) is 5.97. The lowest BCUT2D eigenvalue weighted by Crippen LogP contribution is -2.25. The largest absolute Gasteiger partial charge is 0.382 e. The Hall–Kier alpha value is -1.77. The van der Waals surface area contributed by atoms with Gasteiger partial charge in [0.15, 0.2) is 0 Å². The van der Waals surface area contributed by atoms with E-state index in [4.69, 9.17) is 0 Å². The molecule has 1 aromatic carbocycles. The summed E-state index contributed by atoms with van der Waals surface area (Å²) in [4.78, 5) is 7.20. The summed E-state index contributed by atoms with van der Waals surface area (Å²) in [6, 6.07) is 9.38. The molecule has 0 amide bonds. The number of anilines is 1. The molecule has 0 radical (unpaired) electrons. The van der Waals surface area contributed by atoms with Crippen molar-refractivity contribution in [3.8, 4) is 11.3 Å². The topological polar surface area (TPSA) is 40.7 Å². The molecule has 2 fully saturated rings. The van der Waals surface area contributed by atoms with Crippen molar-refractivity contribution < 1.29 is 0 Å². The van der Waals surface area contributed by atoms with E-state index >= 15 is 0 Å². The maximum absolute atomic E-state index is 4.06. The summed E-state index contributed by atoms with van der Waals surface area (Å²) in [6.07, 6.45) is 9.28. The zero-order valence-corrected chi connectivity index (χ0v) is 11.0. The van der Waals surface area contributed by atoms with Crippen LogP contribution in [0.4, 0.5) is 5.69 Å². The maximum atomic E-state index is 4.06. The summed E-state index contributed by atoms with van der Waals surface area (Å²) in [5.41, 5.74) is 3.52. The van der Waals surface area contributed by atoms with Crippen molar-refractivity contribution in [2.75, 3.05) is 5.32 Å². The first-order valence-corrected chi connectivity index (χ1v) is 7.24. The van der Waals surface area contributed by atoms with Gasteiger partial charge in [-0.15, -0.1) is 0 Å². The van der Waals surface area contributed by atoms with Crippen molar-refractivity contribution in [1.29, 1.82) is 0 Å². The van der Waals surface area contributed by atoms with Gasteiger partial charge in [0, 0.05) is 11.7 Å². The number of benzene rings is 1. The third kappa shape index (κ3) is 2.03. The predicted molar refractivity (Wildman–Crippen MR) is 76.9 cm³/mol. The van der Waals surface area contributed by atoms with Gasteiger partial charge in [0.05, 0.1) is 18.2 Å². The number of rotatable bonds is 3. The van der Waals surface area contributed by atoms with Gasteiger partial charge in [-0.25, -0.2) is 4.98 Å². The molecule has 2 saturated carbocycles. The number of hydrogen-bond donors (Lipinski definition) is 2. The van der Waals surface area contributed by atoms with Crippen LogP contribution in [0.1, 0.15) is 25.7 Å². The molecule has 4 rings (SSSR count). The molecule has 2 bridgehead atoms. The number of H-pyrrole nitrogens is 1. The fourth-order valence-corrected chi connectivity index (χ4v) is 3.80. The lowest BCUT2D eigenvalue weighted by atomic mass is 9.95. The van der Waals surface area contributed by atoms with Gasteiger partial charge in [0.1, 0.15) is 0 Å². The molecule has 3 unspecified atom stereocenters. The molecule has 19 heavy (non-hydrogen) atoms. The zero-order chi connectivity index (χ0) is 12.7. The molecule has 0 saturated heterocycles. The summed E-state index contributed by atoms with van der Waals surface area (Å²) in [5, 5.41) is 3.72. The highest BCUT2D eigenvalue weighted by atomic mass is 14.9. The highest BCUT2D eigenvalue weighted by Gasteiger charge is 2.39.